The minimum Gasteiger partial charge on any atom is -0.245 e. The Morgan fingerprint density at radius 2 is 2.40 bits per heavy atom. The van der Waals surface area contributed by atoms with Crippen LogP contribution in [0.2, 0.25) is 0 Å². The quantitative estimate of drug-likeness (QED) is 0.616. The number of nitriles is 1. The molecule has 0 atom stereocenters. The van der Waals surface area contributed by atoms with Gasteiger partial charge in [-0.05, 0) is 13.3 Å². The SMILES string of the molecule is CCc1nc(C)sc1C#N. The lowest BCUT2D eigenvalue weighted by molar-refractivity contribution is 1.04. The largest absolute Gasteiger partial charge is 0.245 e. The number of hydrogen-bond acceptors (Lipinski definition) is 3. The highest BCUT2D eigenvalue weighted by atomic mass is 32.1. The normalized spacial score (nSPS) is 9.30. The molecule has 1 heterocycles. The van der Waals surface area contributed by atoms with E-state index in [-0.39, 0.29) is 0 Å². The Bertz CT molecular complexity index is 270. The fourth-order valence-electron chi connectivity index (χ4n) is 0.797. The average Bonchev–Trinajstić information content (AvgIpc) is 2.30. The third kappa shape index (κ3) is 1.17. The van der Waals surface area contributed by atoms with E-state index in [0.717, 1.165) is 22.0 Å². The molecule has 0 aromatic carbocycles. The summed E-state index contributed by atoms with van der Waals surface area (Å²) in [6, 6.07) is 2.12. The van der Waals surface area contributed by atoms with E-state index in [4.69, 9.17) is 5.26 Å². The molecule has 0 aliphatic rings. The van der Waals surface area contributed by atoms with E-state index in [2.05, 4.69) is 11.1 Å². The van der Waals surface area contributed by atoms with Gasteiger partial charge in [0.25, 0.3) is 0 Å². The van der Waals surface area contributed by atoms with Gasteiger partial charge in [-0.1, -0.05) is 6.92 Å². The highest BCUT2D eigenvalue weighted by Crippen LogP contribution is 2.16. The topological polar surface area (TPSA) is 36.7 Å². The number of aromatic nitrogens is 1. The summed E-state index contributed by atoms with van der Waals surface area (Å²) in [7, 11) is 0. The Kier molecular flexibility index (Phi) is 2.03. The number of thiazole rings is 1. The molecule has 10 heavy (non-hydrogen) atoms. The van der Waals surface area contributed by atoms with E-state index in [0.29, 0.717) is 0 Å². The van der Waals surface area contributed by atoms with Crippen LogP contribution in [0.3, 0.4) is 0 Å². The third-order valence-electron chi connectivity index (χ3n) is 1.24. The Morgan fingerprint density at radius 3 is 2.80 bits per heavy atom. The van der Waals surface area contributed by atoms with Crippen molar-refractivity contribution in [1.29, 1.82) is 5.26 Å². The van der Waals surface area contributed by atoms with E-state index < -0.39 is 0 Å². The summed E-state index contributed by atoms with van der Waals surface area (Å²) in [5.74, 6) is 0. The first-order valence-corrected chi connectivity index (χ1v) is 3.96. The monoisotopic (exact) mass is 152 g/mol. The van der Waals surface area contributed by atoms with Crippen molar-refractivity contribution in [3.8, 4) is 6.07 Å². The van der Waals surface area contributed by atoms with Gasteiger partial charge in [0.1, 0.15) is 10.9 Å². The maximum absolute atomic E-state index is 8.58. The van der Waals surface area contributed by atoms with Crippen molar-refractivity contribution in [1.82, 2.24) is 4.98 Å². The molecule has 0 radical (unpaired) electrons. The first-order chi connectivity index (χ1) is 4.77. The van der Waals surface area contributed by atoms with Crippen LogP contribution >= 0.6 is 11.3 Å². The Hall–Kier alpha value is -0.880. The summed E-state index contributed by atoms with van der Waals surface area (Å²) in [6.45, 7) is 3.93. The molecule has 0 aliphatic heterocycles. The maximum atomic E-state index is 8.58. The van der Waals surface area contributed by atoms with Crippen molar-refractivity contribution in [2.45, 2.75) is 20.3 Å². The molecule has 0 saturated heterocycles. The molecule has 2 nitrogen and oxygen atoms in total. The molecule has 0 spiro atoms. The van der Waals surface area contributed by atoms with Crippen LogP contribution in [0, 0.1) is 18.3 Å². The molecule has 0 N–H and O–H groups in total. The van der Waals surface area contributed by atoms with Gasteiger partial charge < -0.3 is 0 Å². The van der Waals surface area contributed by atoms with Crippen LogP contribution in [0.15, 0.2) is 0 Å². The summed E-state index contributed by atoms with van der Waals surface area (Å²) in [5.41, 5.74) is 0.935. The van der Waals surface area contributed by atoms with Crippen LogP contribution in [0.25, 0.3) is 0 Å². The van der Waals surface area contributed by atoms with Gasteiger partial charge >= 0.3 is 0 Å². The van der Waals surface area contributed by atoms with Crippen LogP contribution in [0.4, 0.5) is 0 Å². The molecule has 0 fully saturated rings. The summed E-state index contributed by atoms with van der Waals surface area (Å²) < 4.78 is 0. The van der Waals surface area contributed by atoms with E-state index in [9.17, 15) is 0 Å². The number of hydrogen-bond donors (Lipinski definition) is 0. The van der Waals surface area contributed by atoms with Crippen molar-refractivity contribution in [2.24, 2.45) is 0 Å². The highest BCUT2D eigenvalue weighted by molar-refractivity contribution is 7.12. The van der Waals surface area contributed by atoms with Crippen molar-refractivity contribution in [3.63, 3.8) is 0 Å². The van der Waals surface area contributed by atoms with Crippen molar-refractivity contribution < 1.29 is 0 Å². The van der Waals surface area contributed by atoms with E-state index in [1.54, 1.807) is 0 Å². The first kappa shape index (κ1) is 7.23. The predicted octanol–water partition coefficient (Wildman–Crippen LogP) is 1.89. The van der Waals surface area contributed by atoms with Crippen LogP contribution in [0.1, 0.15) is 22.5 Å². The lowest BCUT2D eigenvalue weighted by Gasteiger charge is -1.83. The summed E-state index contributed by atoms with van der Waals surface area (Å²) in [5, 5.41) is 9.56. The molecular weight excluding hydrogens is 144 g/mol. The summed E-state index contributed by atoms with van der Waals surface area (Å²) in [4.78, 5) is 4.96. The number of nitrogens with zero attached hydrogens (tertiary/aromatic N) is 2. The molecule has 0 unspecified atom stereocenters. The van der Waals surface area contributed by atoms with Gasteiger partial charge in [-0.15, -0.1) is 11.3 Å². The smallest absolute Gasteiger partial charge is 0.128 e. The van der Waals surface area contributed by atoms with Gasteiger partial charge in [-0.3, -0.25) is 0 Å². The molecule has 0 bridgehead atoms. The van der Waals surface area contributed by atoms with Gasteiger partial charge in [0, 0.05) is 0 Å². The molecule has 0 amide bonds. The standard InChI is InChI=1S/C7H8N2S/c1-3-6-7(4-8)10-5(2)9-6/h3H2,1-2H3. The van der Waals surface area contributed by atoms with E-state index in [1.807, 2.05) is 13.8 Å². The van der Waals surface area contributed by atoms with Crippen LogP contribution in [0.5, 0.6) is 0 Å². The average molecular weight is 152 g/mol. The lowest BCUT2D eigenvalue weighted by Crippen LogP contribution is -1.82. The van der Waals surface area contributed by atoms with Crippen LogP contribution in [-0.2, 0) is 6.42 Å². The summed E-state index contributed by atoms with van der Waals surface area (Å²) in [6.07, 6.45) is 0.854. The van der Waals surface area contributed by atoms with Crippen molar-refractivity contribution in [3.05, 3.63) is 15.6 Å². The lowest BCUT2D eigenvalue weighted by atomic mass is 10.3. The molecule has 1 rings (SSSR count). The molecule has 0 saturated carbocycles. The van der Waals surface area contributed by atoms with E-state index in [1.165, 1.54) is 11.3 Å². The van der Waals surface area contributed by atoms with Crippen molar-refractivity contribution >= 4 is 11.3 Å². The highest BCUT2D eigenvalue weighted by Gasteiger charge is 2.04. The first-order valence-electron chi connectivity index (χ1n) is 3.14. The van der Waals surface area contributed by atoms with Crippen LogP contribution < -0.4 is 0 Å². The zero-order valence-electron chi connectivity index (χ0n) is 6.01. The van der Waals surface area contributed by atoms with Gasteiger partial charge in [0.05, 0.1) is 10.7 Å². The third-order valence-corrected chi connectivity index (χ3v) is 2.16. The Labute approximate surface area is 64.1 Å². The van der Waals surface area contributed by atoms with Crippen molar-refractivity contribution in [2.75, 3.05) is 0 Å². The minimum absolute atomic E-state index is 0.764. The predicted molar refractivity (Wildman–Crippen MR) is 40.9 cm³/mol. The molecular formula is C7H8N2S. The molecule has 1 aromatic heterocycles. The molecule has 52 valence electrons. The molecule has 3 heteroatoms. The van der Waals surface area contributed by atoms with Gasteiger partial charge in [0.15, 0.2) is 0 Å². The molecule has 1 aromatic rings. The minimum atomic E-state index is 0.764. The van der Waals surface area contributed by atoms with E-state index >= 15 is 0 Å². The maximum Gasteiger partial charge on any atom is 0.128 e. The second-order valence-corrected chi connectivity index (χ2v) is 3.18. The second kappa shape index (κ2) is 2.80. The van der Waals surface area contributed by atoms with Gasteiger partial charge in [-0.2, -0.15) is 5.26 Å². The van der Waals surface area contributed by atoms with Crippen LogP contribution in [-0.4, -0.2) is 4.98 Å². The zero-order chi connectivity index (χ0) is 7.56. The number of rotatable bonds is 1. The Morgan fingerprint density at radius 1 is 1.70 bits per heavy atom. The zero-order valence-corrected chi connectivity index (χ0v) is 6.83. The Balaban J connectivity index is 3.12. The fraction of sp³-hybridized carbons (Fsp3) is 0.429. The second-order valence-electron chi connectivity index (χ2n) is 1.97. The van der Waals surface area contributed by atoms with Gasteiger partial charge in [0.2, 0.25) is 0 Å². The number of aryl methyl sites for hydroxylation is 2. The summed E-state index contributed by atoms with van der Waals surface area (Å²) >= 11 is 1.47. The molecule has 0 aliphatic carbocycles. The fourth-order valence-corrected chi connectivity index (χ4v) is 1.60. The van der Waals surface area contributed by atoms with Gasteiger partial charge in [-0.25, -0.2) is 4.98 Å².